The first kappa shape index (κ1) is 14.6. The minimum Gasteiger partial charge on any atom is -0.441 e. The van der Waals surface area contributed by atoms with Crippen LogP contribution in [0.5, 0.6) is 0 Å². The van der Waals surface area contributed by atoms with Crippen molar-refractivity contribution < 1.29 is 17.6 Å². The highest BCUT2D eigenvalue weighted by Gasteiger charge is 2.31. The summed E-state index contributed by atoms with van der Waals surface area (Å²) in [7, 11) is 0. The summed E-state index contributed by atoms with van der Waals surface area (Å²) in [6, 6.07) is 5.04. The molecule has 0 fully saturated rings. The van der Waals surface area contributed by atoms with Crippen LogP contribution in [0.15, 0.2) is 28.7 Å². The lowest BCUT2D eigenvalue weighted by Crippen LogP contribution is -2.04. The molecule has 1 aromatic heterocycles. The second-order valence-corrected chi connectivity index (χ2v) is 4.92. The second kappa shape index (κ2) is 5.31. The molecular formula is C15H16F3NO. The Balaban J connectivity index is 2.47. The number of benzene rings is 1. The molecule has 2 aromatic rings. The van der Waals surface area contributed by atoms with Gasteiger partial charge in [-0.1, -0.05) is 26.8 Å². The van der Waals surface area contributed by atoms with Gasteiger partial charge in [-0.15, -0.1) is 0 Å². The zero-order valence-corrected chi connectivity index (χ0v) is 11.6. The molecule has 20 heavy (non-hydrogen) atoms. The number of aryl methyl sites for hydroxylation is 1. The molecule has 0 saturated carbocycles. The fourth-order valence-corrected chi connectivity index (χ4v) is 2.02. The topological polar surface area (TPSA) is 26.0 Å². The van der Waals surface area contributed by atoms with Crippen LogP contribution in [0.1, 0.15) is 43.7 Å². The first-order valence-electron chi connectivity index (χ1n) is 6.50. The van der Waals surface area contributed by atoms with E-state index in [-0.39, 0.29) is 11.8 Å². The van der Waals surface area contributed by atoms with Crippen LogP contribution in [0.2, 0.25) is 0 Å². The Kier molecular flexibility index (Phi) is 3.88. The summed E-state index contributed by atoms with van der Waals surface area (Å²) < 4.78 is 43.8. The lowest BCUT2D eigenvalue weighted by Gasteiger charge is -2.06. The molecule has 0 saturated heterocycles. The van der Waals surface area contributed by atoms with E-state index in [1.807, 2.05) is 20.8 Å². The molecule has 0 aliphatic rings. The number of alkyl halides is 3. The van der Waals surface area contributed by atoms with Crippen molar-refractivity contribution in [3.05, 3.63) is 41.3 Å². The van der Waals surface area contributed by atoms with E-state index in [1.165, 1.54) is 6.07 Å². The zero-order chi connectivity index (χ0) is 14.9. The standard InChI is InChI=1S/C15H16F3NO/c1-4-12-13(9(2)3)20-14(19-12)10-6-5-7-11(8-10)15(16,17)18/h5-9H,4H2,1-3H3. The van der Waals surface area contributed by atoms with Gasteiger partial charge in [0.2, 0.25) is 5.89 Å². The Bertz CT molecular complexity index is 599. The maximum Gasteiger partial charge on any atom is 0.416 e. The number of hydrogen-bond acceptors (Lipinski definition) is 2. The van der Waals surface area contributed by atoms with E-state index in [0.717, 1.165) is 23.6 Å². The minimum atomic E-state index is -4.36. The number of halogens is 3. The van der Waals surface area contributed by atoms with Crippen LogP contribution >= 0.6 is 0 Å². The monoisotopic (exact) mass is 283 g/mol. The van der Waals surface area contributed by atoms with E-state index < -0.39 is 11.7 Å². The van der Waals surface area contributed by atoms with Crippen molar-refractivity contribution in [1.82, 2.24) is 4.98 Å². The molecular weight excluding hydrogens is 267 g/mol. The lowest BCUT2D eigenvalue weighted by atomic mass is 10.1. The number of rotatable bonds is 3. The van der Waals surface area contributed by atoms with Gasteiger partial charge in [0, 0.05) is 11.5 Å². The molecule has 0 N–H and O–H groups in total. The van der Waals surface area contributed by atoms with Crippen molar-refractivity contribution in [3.8, 4) is 11.5 Å². The van der Waals surface area contributed by atoms with Crippen LogP contribution in [0.3, 0.4) is 0 Å². The van der Waals surface area contributed by atoms with Crippen LogP contribution in [0.4, 0.5) is 13.2 Å². The third kappa shape index (κ3) is 2.86. The van der Waals surface area contributed by atoms with Gasteiger partial charge in [-0.05, 0) is 24.6 Å². The predicted octanol–water partition coefficient (Wildman–Crippen LogP) is 5.05. The highest BCUT2D eigenvalue weighted by molar-refractivity contribution is 5.55. The Morgan fingerprint density at radius 1 is 1.25 bits per heavy atom. The van der Waals surface area contributed by atoms with E-state index >= 15 is 0 Å². The van der Waals surface area contributed by atoms with Gasteiger partial charge in [0.15, 0.2) is 0 Å². The van der Waals surface area contributed by atoms with E-state index in [2.05, 4.69) is 4.98 Å². The molecule has 108 valence electrons. The normalized spacial score (nSPS) is 12.2. The lowest BCUT2D eigenvalue weighted by molar-refractivity contribution is -0.137. The van der Waals surface area contributed by atoms with Crippen molar-refractivity contribution in [2.75, 3.05) is 0 Å². The van der Waals surface area contributed by atoms with Crippen LogP contribution in [0.25, 0.3) is 11.5 Å². The van der Waals surface area contributed by atoms with Gasteiger partial charge in [-0.25, -0.2) is 4.98 Å². The van der Waals surface area contributed by atoms with Gasteiger partial charge < -0.3 is 4.42 Å². The van der Waals surface area contributed by atoms with E-state index in [4.69, 9.17) is 4.42 Å². The molecule has 1 aromatic carbocycles. The van der Waals surface area contributed by atoms with Gasteiger partial charge >= 0.3 is 6.18 Å². The fraction of sp³-hybridized carbons (Fsp3) is 0.400. The summed E-state index contributed by atoms with van der Waals surface area (Å²) in [4.78, 5) is 4.31. The van der Waals surface area contributed by atoms with Gasteiger partial charge in [-0.2, -0.15) is 13.2 Å². The Morgan fingerprint density at radius 3 is 2.45 bits per heavy atom. The second-order valence-electron chi connectivity index (χ2n) is 4.92. The Labute approximate surface area is 115 Å². The van der Waals surface area contributed by atoms with Crippen LogP contribution in [-0.4, -0.2) is 4.98 Å². The number of oxazole rings is 1. The highest BCUT2D eigenvalue weighted by atomic mass is 19.4. The smallest absolute Gasteiger partial charge is 0.416 e. The summed E-state index contributed by atoms with van der Waals surface area (Å²) in [5.74, 6) is 1.13. The van der Waals surface area contributed by atoms with Crippen LogP contribution in [0, 0.1) is 0 Å². The molecule has 0 unspecified atom stereocenters. The minimum absolute atomic E-state index is 0.150. The zero-order valence-electron chi connectivity index (χ0n) is 11.6. The van der Waals surface area contributed by atoms with Crippen molar-refractivity contribution in [3.63, 3.8) is 0 Å². The van der Waals surface area contributed by atoms with Gasteiger partial charge in [0.05, 0.1) is 11.3 Å². The average Bonchev–Trinajstić information content (AvgIpc) is 2.82. The molecule has 0 aliphatic carbocycles. The highest BCUT2D eigenvalue weighted by Crippen LogP contribution is 2.33. The summed E-state index contributed by atoms with van der Waals surface area (Å²) in [5.41, 5.74) is 0.450. The number of hydrogen-bond donors (Lipinski definition) is 0. The molecule has 0 amide bonds. The molecule has 1 heterocycles. The first-order chi connectivity index (χ1) is 9.32. The largest absolute Gasteiger partial charge is 0.441 e. The molecule has 0 spiro atoms. The Hall–Kier alpha value is -1.78. The molecule has 5 heteroatoms. The summed E-state index contributed by atoms with van der Waals surface area (Å²) in [6.45, 7) is 5.88. The van der Waals surface area contributed by atoms with Gasteiger partial charge in [0.25, 0.3) is 0 Å². The summed E-state index contributed by atoms with van der Waals surface area (Å²) >= 11 is 0. The van der Waals surface area contributed by atoms with Crippen LogP contribution < -0.4 is 0 Å². The quantitative estimate of drug-likeness (QED) is 0.788. The van der Waals surface area contributed by atoms with Gasteiger partial charge in [-0.3, -0.25) is 0 Å². The van der Waals surface area contributed by atoms with E-state index in [9.17, 15) is 13.2 Å². The van der Waals surface area contributed by atoms with Crippen molar-refractivity contribution in [1.29, 1.82) is 0 Å². The molecule has 0 bridgehead atoms. The number of aromatic nitrogens is 1. The first-order valence-corrected chi connectivity index (χ1v) is 6.50. The molecule has 0 atom stereocenters. The Morgan fingerprint density at radius 2 is 1.95 bits per heavy atom. The maximum atomic E-state index is 12.7. The predicted molar refractivity (Wildman–Crippen MR) is 70.4 cm³/mol. The van der Waals surface area contributed by atoms with Crippen molar-refractivity contribution >= 4 is 0 Å². The van der Waals surface area contributed by atoms with Gasteiger partial charge in [0.1, 0.15) is 5.76 Å². The third-order valence-electron chi connectivity index (χ3n) is 3.02. The fourth-order valence-electron chi connectivity index (χ4n) is 2.02. The molecule has 0 aliphatic heterocycles. The summed E-state index contributed by atoms with van der Waals surface area (Å²) in [6.07, 6.45) is -3.67. The van der Waals surface area contributed by atoms with Crippen LogP contribution in [-0.2, 0) is 12.6 Å². The third-order valence-corrected chi connectivity index (χ3v) is 3.02. The molecule has 0 radical (unpaired) electrons. The van der Waals surface area contributed by atoms with Crippen molar-refractivity contribution in [2.24, 2.45) is 0 Å². The molecule has 2 nitrogen and oxygen atoms in total. The van der Waals surface area contributed by atoms with E-state index in [1.54, 1.807) is 6.07 Å². The van der Waals surface area contributed by atoms with Crippen molar-refractivity contribution in [2.45, 2.75) is 39.3 Å². The summed E-state index contributed by atoms with van der Waals surface area (Å²) in [5, 5.41) is 0. The SMILES string of the molecule is CCc1nc(-c2cccc(C(F)(F)F)c2)oc1C(C)C. The van der Waals surface area contributed by atoms with E-state index in [0.29, 0.717) is 12.0 Å². The maximum absolute atomic E-state index is 12.7. The molecule has 2 rings (SSSR count). The average molecular weight is 283 g/mol. The number of nitrogens with zero attached hydrogens (tertiary/aromatic N) is 1.